The van der Waals surface area contributed by atoms with Gasteiger partial charge in [0.05, 0.1) is 12.8 Å². The maximum atomic E-state index is 12.2. The number of H-pyrrole nitrogens is 1. The maximum Gasteiger partial charge on any atom is 0.287 e. The molecule has 3 aromatic rings. The second-order valence-electron chi connectivity index (χ2n) is 4.75. The smallest absolute Gasteiger partial charge is 0.287 e. The third-order valence-electron chi connectivity index (χ3n) is 3.28. The number of fused-ring (bicyclic) bond motifs is 1. The maximum absolute atomic E-state index is 12.2. The van der Waals surface area contributed by atoms with Gasteiger partial charge in [-0.3, -0.25) is 4.79 Å². The van der Waals surface area contributed by atoms with Crippen molar-refractivity contribution >= 4 is 33.9 Å². The van der Waals surface area contributed by atoms with Crippen molar-refractivity contribution in [1.82, 2.24) is 10.4 Å². The predicted octanol–water partition coefficient (Wildman–Crippen LogP) is 3.39. The lowest BCUT2D eigenvalue weighted by Crippen LogP contribution is -2.19. The van der Waals surface area contributed by atoms with Gasteiger partial charge in [0.1, 0.15) is 11.4 Å². The number of nitrogens with one attached hydrogen (secondary N) is 2. The molecule has 22 heavy (non-hydrogen) atoms. The number of ether oxygens (including phenoxy) is 1. The minimum absolute atomic E-state index is 0.272. The predicted molar refractivity (Wildman–Crippen MR) is 88.8 cm³/mol. The second kappa shape index (κ2) is 6.03. The summed E-state index contributed by atoms with van der Waals surface area (Å²) in [5.41, 5.74) is 4.69. The summed E-state index contributed by atoms with van der Waals surface area (Å²) in [5.74, 6) is 0.482. The number of nitrogens with zero attached hydrogens (tertiary/aromatic N) is 1. The Kier molecular flexibility index (Phi) is 3.93. The van der Waals surface area contributed by atoms with Gasteiger partial charge in [0.2, 0.25) is 0 Å². The molecule has 2 heterocycles. The molecule has 6 heteroatoms. The SMILES string of the molecule is COc1ccc2[nH]c(C(=O)NN=C(C)c3cccs3)cc2c1. The van der Waals surface area contributed by atoms with E-state index in [0.29, 0.717) is 5.69 Å². The molecular weight excluding hydrogens is 298 g/mol. The molecule has 0 saturated carbocycles. The molecule has 0 saturated heterocycles. The van der Waals surface area contributed by atoms with Crippen LogP contribution in [0.15, 0.2) is 46.9 Å². The second-order valence-corrected chi connectivity index (χ2v) is 5.70. The van der Waals surface area contributed by atoms with E-state index in [1.54, 1.807) is 24.5 Å². The first-order valence-corrected chi connectivity index (χ1v) is 7.60. The molecule has 1 aromatic carbocycles. The number of carbonyl (C=O) groups is 1. The molecule has 2 N–H and O–H groups in total. The number of amides is 1. The van der Waals surface area contributed by atoms with Gasteiger partial charge >= 0.3 is 0 Å². The molecule has 0 bridgehead atoms. The Labute approximate surface area is 131 Å². The first-order chi connectivity index (χ1) is 10.7. The summed E-state index contributed by atoms with van der Waals surface area (Å²) in [5, 5.41) is 7.02. The van der Waals surface area contributed by atoms with E-state index in [2.05, 4.69) is 15.5 Å². The van der Waals surface area contributed by atoms with Crippen LogP contribution in [0.5, 0.6) is 5.75 Å². The standard InChI is InChI=1S/C16H15N3O2S/c1-10(15-4-3-7-22-15)18-19-16(20)14-9-11-8-12(21-2)5-6-13(11)17-14/h3-9,17H,1-2H3,(H,19,20). The number of carbonyl (C=O) groups excluding carboxylic acids is 1. The van der Waals surface area contributed by atoms with Crippen molar-refractivity contribution in [3.63, 3.8) is 0 Å². The van der Waals surface area contributed by atoms with Crippen LogP contribution >= 0.6 is 11.3 Å². The lowest BCUT2D eigenvalue weighted by molar-refractivity contribution is 0.0950. The van der Waals surface area contributed by atoms with Gasteiger partial charge in [-0.1, -0.05) is 6.07 Å². The Hall–Kier alpha value is -2.60. The number of aromatic nitrogens is 1. The molecule has 0 fully saturated rings. The molecule has 0 atom stereocenters. The van der Waals surface area contributed by atoms with E-state index in [0.717, 1.165) is 27.2 Å². The molecular formula is C16H15N3O2S. The van der Waals surface area contributed by atoms with E-state index in [1.807, 2.05) is 42.6 Å². The number of benzene rings is 1. The molecule has 0 spiro atoms. The number of hydrazone groups is 1. The number of thiophene rings is 1. The van der Waals surface area contributed by atoms with Crippen LogP contribution in [0.4, 0.5) is 0 Å². The van der Waals surface area contributed by atoms with Gasteiger partial charge in [-0.05, 0) is 42.6 Å². The van der Waals surface area contributed by atoms with Crippen LogP contribution in [-0.2, 0) is 0 Å². The Bertz CT molecular complexity index is 834. The fraction of sp³-hybridized carbons (Fsp3) is 0.125. The third-order valence-corrected chi connectivity index (χ3v) is 4.25. The zero-order valence-corrected chi connectivity index (χ0v) is 13.0. The van der Waals surface area contributed by atoms with Gasteiger partial charge in [-0.25, -0.2) is 5.43 Å². The summed E-state index contributed by atoms with van der Waals surface area (Å²) in [6, 6.07) is 11.3. The molecule has 0 aliphatic heterocycles. The van der Waals surface area contributed by atoms with Gasteiger partial charge in [0.25, 0.3) is 5.91 Å². The van der Waals surface area contributed by atoms with Crippen LogP contribution < -0.4 is 10.2 Å². The number of methoxy groups -OCH3 is 1. The molecule has 0 unspecified atom stereocenters. The van der Waals surface area contributed by atoms with Crippen LogP contribution in [0.25, 0.3) is 10.9 Å². The minimum Gasteiger partial charge on any atom is -0.497 e. The monoisotopic (exact) mass is 313 g/mol. The zero-order valence-electron chi connectivity index (χ0n) is 12.2. The first-order valence-electron chi connectivity index (χ1n) is 6.72. The van der Waals surface area contributed by atoms with Gasteiger partial charge in [0.15, 0.2) is 0 Å². The van der Waals surface area contributed by atoms with Crippen molar-refractivity contribution in [3.05, 3.63) is 52.3 Å². The zero-order chi connectivity index (χ0) is 15.5. The Morgan fingerprint density at radius 2 is 2.18 bits per heavy atom. The van der Waals surface area contributed by atoms with E-state index in [9.17, 15) is 4.79 Å². The lowest BCUT2D eigenvalue weighted by Gasteiger charge is -1.99. The Morgan fingerprint density at radius 1 is 1.32 bits per heavy atom. The van der Waals surface area contributed by atoms with Crippen molar-refractivity contribution < 1.29 is 9.53 Å². The van der Waals surface area contributed by atoms with Crippen molar-refractivity contribution in [2.24, 2.45) is 5.10 Å². The van der Waals surface area contributed by atoms with Gasteiger partial charge < -0.3 is 9.72 Å². The quantitative estimate of drug-likeness (QED) is 0.573. The minimum atomic E-state index is -0.272. The number of aromatic amines is 1. The summed E-state index contributed by atoms with van der Waals surface area (Å²) >= 11 is 1.58. The van der Waals surface area contributed by atoms with Gasteiger partial charge in [-0.15, -0.1) is 11.3 Å². The normalized spacial score (nSPS) is 11.6. The summed E-state index contributed by atoms with van der Waals surface area (Å²) in [6.07, 6.45) is 0. The average molecular weight is 313 g/mol. The summed E-state index contributed by atoms with van der Waals surface area (Å²) in [4.78, 5) is 16.3. The highest BCUT2D eigenvalue weighted by atomic mass is 32.1. The van der Waals surface area contributed by atoms with Crippen molar-refractivity contribution in [2.75, 3.05) is 7.11 Å². The van der Waals surface area contributed by atoms with E-state index in [1.165, 1.54) is 0 Å². The molecule has 112 valence electrons. The highest BCUT2D eigenvalue weighted by Gasteiger charge is 2.10. The summed E-state index contributed by atoms with van der Waals surface area (Å²) in [6.45, 7) is 1.86. The molecule has 0 aliphatic rings. The first kappa shape index (κ1) is 14.3. The highest BCUT2D eigenvalue weighted by molar-refractivity contribution is 7.12. The van der Waals surface area contributed by atoms with Crippen molar-refractivity contribution in [1.29, 1.82) is 0 Å². The van der Waals surface area contributed by atoms with E-state index >= 15 is 0 Å². The van der Waals surface area contributed by atoms with Crippen molar-refractivity contribution in [2.45, 2.75) is 6.92 Å². The van der Waals surface area contributed by atoms with Crippen molar-refractivity contribution in [3.8, 4) is 5.75 Å². The molecule has 1 amide bonds. The third kappa shape index (κ3) is 2.87. The average Bonchev–Trinajstić information content (AvgIpc) is 3.20. The van der Waals surface area contributed by atoms with Crippen LogP contribution in [0.1, 0.15) is 22.3 Å². The van der Waals surface area contributed by atoms with E-state index < -0.39 is 0 Å². The molecule has 5 nitrogen and oxygen atoms in total. The Balaban J connectivity index is 1.79. The highest BCUT2D eigenvalue weighted by Crippen LogP contribution is 2.21. The van der Waals surface area contributed by atoms with Gasteiger partial charge in [0, 0.05) is 15.8 Å². The van der Waals surface area contributed by atoms with Crippen LogP contribution in [-0.4, -0.2) is 23.7 Å². The number of rotatable bonds is 4. The van der Waals surface area contributed by atoms with Crippen LogP contribution in [0.2, 0.25) is 0 Å². The topological polar surface area (TPSA) is 66.5 Å². The number of hydrogen-bond donors (Lipinski definition) is 2. The molecule has 2 aromatic heterocycles. The van der Waals surface area contributed by atoms with E-state index in [4.69, 9.17) is 4.74 Å². The fourth-order valence-electron chi connectivity index (χ4n) is 2.09. The fourth-order valence-corrected chi connectivity index (χ4v) is 2.77. The molecule has 0 radical (unpaired) electrons. The lowest BCUT2D eigenvalue weighted by atomic mass is 10.2. The van der Waals surface area contributed by atoms with E-state index in [-0.39, 0.29) is 5.91 Å². The summed E-state index contributed by atoms with van der Waals surface area (Å²) in [7, 11) is 1.61. The van der Waals surface area contributed by atoms with Gasteiger partial charge in [-0.2, -0.15) is 5.10 Å². The largest absolute Gasteiger partial charge is 0.497 e. The Morgan fingerprint density at radius 3 is 2.91 bits per heavy atom. The van der Waals surface area contributed by atoms with Crippen LogP contribution in [0.3, 0.4) is 0 Å². The molecule has 0 aliphatic carbocycles. The number of hydrogen-bond acceptors (Lipinski definition) is 4. The van der Waals surface area contributed by atoms with Crippen LogP contribution in [0, 0.1) is 0 Å². The molecule has 3 rings (SSSR count). The summed E-state index contributed by atoms with van der Waals surface area (Å²) < 4.78 is 5.18.